The van der Waals surface area contributed by atoms with Crippen molar-refractivity contribution >= 4 is 43.5 Å². The maximum atomic E-state index is 12.3. The molecule has 0 unspecified atom stereocenters. The molecule has 0 aliphatic carbocycles. The van der Waals surface area contributed by atoms with E-state index in [-0.39, 0.29) is 12.5 Å². The number of amides is 1. The van der Waals surface area contributed by atoms with E-state index in [9.17, 15) is 4.79 Å². The van der Waals surface area contributed by atoms with Gasteiger partial charge in [0, 0.05) is 4.47 Å². The topological polar surface area (TPSA) is 56.8 Å². The Kier molecular flexibility index (Phi) is 7.95. The third-order valence-corrected chi connectivity index (χ3v) is 4.88. The van der Waals surface area contributed by atoms with Crippen molar-refractivity contribution in [1.82, 2.24) is 0 Å². The number of ether oxygens (including phenoxy) is 3. The highest BCUT2D eigenvalue weighted by Crippen LogP contribution is 2.28. The monoisotopic (exact) mass is 519 g/mol. The molecule has 1 N–H and O–H groups in total. The minimum atomic E-state index is -0.281. The Bertz CT molecular complexity index is 951. The van der Waals surface area contributed by atoms with Crippen LogP contribution in [0, 0.1) is 0 Å². The van der Waals surface area contributed by atoms with Gasteiger partial charge in [0.2, 0.25) is 0 Å². The average molecular weight is 521 g/mol. The van der Waals surface area contributed by atoms with Gasteiger partial charge >= 0.3 is 0 Å². The largest absolute Gasteiger partial charge is 0.490 e. The summed E-state index contributed by atoms with van der Waals surface area (Å²) in [6.45, 7) is 0.628. The molecule has 0 bridgehead atoms. The molecule has 0 aromatic heterocycles. The number of hydrogen-bond acceptors (Lipinski definition) is 4. The van der Waals surface area contributed by atoms with Crippen LogP contribution in [0.2, 0.25) is 0 Å². The third kappa shape index (κ3) is 6.80. The Morgan fingerprint density at radius 1 is 0.793 bits per heavy atom. The lowest BCUT2D eigenvalue weighted by atomic mass is 10.3. The third-order valence-electron chi connectivity index (χ3n) is 3.77. The highest BCUT2D eigenvalue weighted by Gasteiger charge is 2.10. The van der Waals surface area contributed by atoms with Crippen molar-refractivity contribution in [3.8, 4) is 17.2 Å². The number of anilines is 1. The summed E-state index contributed by atoms with van der Waals surface area (Å²) < 4.78 is 18.6. The normalized spacial score (nSPS) is 10.3. The second-order valence-corrected chi connectivity index (χ2v) is 7.69. The van der Waals surface area contributed by atoms with Gasteiger partial charge in [-0.25, -0.2) is 0 Å². The van der Waals surface area contributed by atoms with Crippen LogP contribution in [0.5, 0.6) is 17.2 Å². The summed E-state index contributed by atoms with van der Waals surface area (Å²) in [5, 5.41) is 2.82. The van der Waals surface area contributed by atoms with Crippen molar-refractivity contribution in [2.45, 2.75) is 0 Å². The predicted molar refractivity (Wildman–Crippen MR) is 120 cm³/mol. The van der Waals surface area contributed by atoms with Crippen molar-refractivity contribution in [3.63, 3.8) is 0 Å². The molecule has 0 saturated carbocycles. The molecule has 3 rings (SSSR count). The van der Waals surface area contributed by atoms with E-state index >= 15 is 0 Å². The van der Waals surface area contributed by atoms with Gasteiger partial charge in [-0.2, -0.15) is 0 Å². The van der Waals surface area contributed by atoms with E-state index in [2.05, 4.69) is 37.2 Å². The predicted octanol–water partition coefficient (Wildman–Crippen LogP) is 5.69. The summed E-state index contributed by atoms with van der Waals surface area (Å²) in [7, 11) is 0. The smallest absolute Gasteiger partial charge is 0.262 e. The van der Waals surface area contributed by atoms with Gasteiger partial charge in [0.15, 0.2) is 6.61 Å². The van der Waals surface area contributed by atoms with Crippen LogP contribution >= 0.6 is 31.9 Å². The van der Waals surface area contributed by atoms with Gasteiger partial charge < -0.3 is 19.5 Å². The Hall–Kier alpha value is -2.51. The number of halogens is 2. The Morgan fingerprint density at radius 3 is 2.31 bits per heavy atom. The lowest BCUT2D eigenvalue weighted by molar-refractivity contribution is -0.118. The van der Waals surface area contributed by atoms with E-state index in [0.29, 0.717) is 30.4 Å². The van der Waals surface area contributed by atoms with Crippen LogP contribution in [0.25, 0.3) is 0 Å². The molecular weight excluding hydrogens is 502 g/mol. The van der Waals surface area contributed by atoms with Gasteiger partial charge in [0.05, 0.1) is 10.2 Å². The number of nitrogens with one attached hydrogen (secondary N) is 1. The second-order valence-electron chi connectivity index (χ2n) is 5.92. The first kappa shape index (κ1) is 21.2. The van der Waals surface area contributed by atoms with E-state index in [1.165, 1.54) is 0 Å². The first-order valence-electron chi connectivity index (χ1n) is 8.89. The van der Waals surface area contributed by atoms with E-state index < -0.39 is 0 Å². The first-order chi connectivity index (χ1) is 14.1. The van der Waals surface area contributed by atoms with E-state index in [4.69, 9.17) is 14.2 Å². The molecule has 0 aliphatic heterocycles. The van der Waals surface area contributed by atoms with Gasteiger partial charge in [-0.05, 0) is 58.4 Å². The Morgan fingerprint density at radius 2 is 1.52 bits per heavy atom. The number of benzene rings is 3. The first-order valence-corrected chi connectivity index (χ1v) is 10.5. The van der Waals surface area contributed by atoms with E-state index in [1.807, 2.05) is 54.6 Å². The van der Waals surface area contributed by atoms with E-state index in [0.717, 1.165) is 14.7 Å². The van der Waals surface area contributed by atoms with Crippen LogP contribution in [0.4, 0.5) is 5.69 Å². The van der Waals surface area contributed by atoms with Crippen molar-refractivity contribution < 1.29 is 19.0 Å². The zero-order valence-corrected chi connectivity index (χ0v) is 18.6. The molecule has 0 spiro atoms. The molecule has 3 aromatic carbocycles. The molecule has 0 atom stereocenters. The zero-order chi connectivity index (χ0) is 20.5. The number of carbonyl (C=O) groups is 1. The van der Waals surface area contributed by atoms with Crippen molar-refractivity contribution in [1.29, 1.82) is 0 Å². The molecule has 5 nitrogen and oxygen atoms in total. The van der Waals surface area contributed by atoms with Crippen molar-refractivity contribution in [3.05, 3.63) is 81.7 Å². The zero-order valence-electron chi connectivity index (χ0n) is 15.4. The molecule has 150 valence electrons. The molecule has 0 fully saturated rings. The number of hydrogen-bond donors (Lipinski definition) is 1. The van der Waals surface area contributed by atoms with Crippen LogP contribution in [-0.2, 0) is 4.79 Å². The minimum absolute atomic E-state index is 0.119. The van der Waals surface area contributed by atoms with Crippen LogP contribution in [-0.4, -0.2) is 25.7 Å². The standard InChI is InChI=1S/C22H19Br2NO4/c23-16-10-11-20(18(24)14-16)29-15-22(26)25-19-8-4-5-9-21(19)28-13-12-27-17-6-2-1-3-7-17/h1-11,14H,12-13,15H2,(H,25,26). The van der Waals surface area contributed by atoms with Gasteiger partial charge in [-0.15, -0.1) is 0 Å². The maximum absolute atomic E-state index is 12.3. The number of para-hydroxylation sites is 3. The van der Waals surface area contributed by atoms with Crippen molar-refractivity contribution in [2.75, 3.05) is 25.1 Å². The molecule has 3 aromatic rings. The summed E-state index contributed by atoms with van der Waals surface area (Å²) in [5.41, 5.74) is 0.579. The summed E-state index contributed by atoms with van der Waals surface area (Å²) >= 11 is 6.79. The quantitative estimate of drug-likeness (QED) is 0.368. The summed E-state index contributed by atoms with van der Waals surface area (Å²) in [6.07, 6.45) is 0. The van der Waals surface area contributed by atoms with Crippen LogP contribution in [0.15, 0.2) is 81.7 Å². The van der Waals surface area contributed by atoms with Gasteiger partial charge in [-0.3, -0.25) is 4.79 Å². The van der Waals surface area contributed by atoms with Crippen molar-refractivity contribution in [2.24, 2.45) is 0 Å². The average Bonchev–Trinajstić information content (AvgIpc) is 2.72. The molecule has 0 heterocycles. The molecule has 1 amide bonds. The number of carbonyl (C=O) groups excluding carboxylic acids is 1. The van der Waals surface area contributed by atoms with Crippen LogP contribution in [0.1, 0.15) is 0 Å². The van der Waals surface area contributed by atoms with Crippen LogP contribution < -0.4 is 19.5 Å². The maximum Gasteiger partial charge on any atom is 0.262 e. The molecule has 0 aliphatic rings. The fourth-order valence-corrected chi connectivity index (χ4v) is 3.61. The van der Waals surface area contributed by atoms with Gasteiger partial charge in [-0.1, -0.05) is 46.3 Å². The molecule has 0 saturated heterocycles. The fourth-order valence-electron chi connectivity index (χ4n) is 2.45. The summed E-state index contributed by atoms with van der Waals surface area (Å²) in [6, 6.07) is 22.3. The van der Waals surface area contributed by atoms with E-state index in [1.54, 1.807) is 18.2 Å². The summed E-state index contributed by atoms with van der Waals surface area (Å²) in [4.78, 5) is 12.3. The molecule has 0 radical (unpaired) electrons. The molecule has 29 heavy (non-hydrogen) atoms. The molecule has 7 heteroatoms. The second kappa shape index (κ2) is 10.9. The molecular formula is C22H19Br2NO4. The fraction of sp³-hybridized carbons (Fsp3) is 0.136. The van der Waals surface area contributed by atoms with Gasteiger partial charge in [0.1, 0.15) is 30.5 Å². The highest BCUT2D eigenvalue weighted by molar-refractivity contribution is 9.11. The lowest BCUT2D eigenvalue weighted by Gasteiger charge is -2.13. The summed E-state index contributed by atoms with van der Waals surface area (Å²) in [5.74, 6) is 1.67. The highest BCUT2D eigenvalue weighted by atomic mass is 79.9. The lowest BCUT2D eigenvalue weighted by Crippen LogP contribution is -2.21. The SMILES string of the molecule is O=C(COc1ccc(Br)cc1Br)Nc1ccccc1OCCOc1ccccc1. The minimum Gasteiger partial charge on any atom is -0.490 e. The van der Waals surface area contributed by atoms with Crippen LogP contribution in [0.3, 0.4) is 0 Å². The Labute approximate surface area is 186 Å². The number of rotatable bonds is 9. The Balaban J connectivity index is 1.49. The van der Waals surface area contributed by atoms with Gasteiger partial charge in [0.25, 0.3) is 5.91 Å².